The van der Waals surface area contributed by atoms with Crippen molar-refractivity contribution in [2.45, 2.75) is 20.5 Å². The third kappa shape index (κ3) is 6.26. The number of hydrogen-bond acceptors (Lipinski definition) is 2. The minimum Gasteiger partial charge on any atom is -0.379 e. The minimum absolute atomic E-state index is 0.589. The monoisotopic (exact) mass is 286 g/mol. The van der Waals surface area contributed by atoms with Crippen LogP contribution < -0.4 is 0 Å². The van der Waals surface area contributed by atoms with E-state index in [0.717, 1.165) is 11.1 Å². The molecule has 0 radical (unpaired) electrons. The molecule has 1 rings (SSSR count). The molecule has 16 heavy (non-hydrogen) atoms. The van der Waals surface area contributed by atoms with Gasteiger partial charge in [-0.05, 0) is 23.6 Å². The zero-order valence-electron chi connectivity index (χ0n) is 9.91. The Morgan fingerprint density at radius 2 is 1.69 bits per heavy atom. The van der Waals surface area contributed by atoms with E-state index < -0.39 is 0 Å². The molecule has 0 saturated carbocycles. The smallest absolute Gasteiger partial charge is 0.0718 e. The van der Waals surface area contributed by atoms with Crippen LogP contribution in [0, 0.1) is 5.92 Å². The van der Waals surface area contributed by atoms with E-state index in [1.54, 1.807) is 0 Å². The molecular formula is C13H19BrO2. The van der Waals surface area contributed by atoms with Crippen molar-refractivity contribution in [2.75, 3.05) is 19.8 Å². The highest BCUT2D eigenvalue weighted by Crippen LogP contribution is 2.10. The van der Waals surface area contributed by atoms with Crippen molar-refractivity contribution in [1.29, 1.82) is 0 Å². The lowest BCUT2D eigenvalue weighted by atomic mass is 10.2. The first-order valence-corrected chi connectivity index (χ1v) is 6.37. The Hall–Kier alpha value is -0.380. The molecule has 0 aliphatic heterocycles. The summed E-state index contributed by atoms with van der Waals surface area (Å²) in [6.07, 6.45) is 0. The van der Waals surface area contributed by atoms with Crippen LogP contribution in [0.1, 0.15) is 19.4 Å². The van der Waals surface area contributed by atoms with Gasteiger partial charge in [0.2, 0.25) is 0 Å². The van der Waals surface area contributed by atoms with Crippen LogP contribution >= 0.6 is 15.9 Å². The standard InChI is InChI=1S/C13H19BrO2/c1-11(2)9-15-7-8-16-10-12-3-5-13(14)6-4-12/h3-6,11H,7-10H2,1-2H3. The highest BCUT2D eigenvalue weighted by molar-refractivity contribution is 9.10. The lowest BCUT2D eigenvalue weighted by Gasteiger charge is -2.07. The van der Waals surface area contributed by atoms with Gasteiger partial charge in [-0.1, -0.05) is 41.9 Å². The Morgan fingerprint density at radius 1 is 1.06 bits per heavy atom. The van der Waals surface area contributed by atoms with E-state index in [-0.39, 0.29) is 0 Å². The van der Waals surface area contributed by atoms with E-state index in [1.165, 1.54) is 5.56 Å². The van der Waals surface area contributed by atoms with Gasteiger partial charge in [-0.15, -0.1) is 0 Å². The number of benzene rings is 1. The van der Waals surface area contributed by atoms with Gasteiger partial charge >= 0.3 is 0 Å². The predicted molar refractivity (Wildman–Crippen MR) is 69.5 cm³/mol. The average Bonchev–Trinajstić information content (AvgIpc) is 2.25. The molecule has 2 nitrogen and oxygen atoms in total. The van der Waals surface area contributed by atoms with Crippen LogP contribution in [0.4, 0.5) is 0 Å². The van der Waals surface area contributed by atoms with Crippen LogP contribution in [0.15, 0.2) is 28.7 Å². The topological polar surface area (TPSA) is 18.5 Å². The number of halogens is 1. The summed E-state index contributed by atoms with van der Waals surface area (Å²) in [7, 11) is 0. The van der Waals surface area contributed by atoms with E-state index in [0.29, 0.717) is 25.7 Å². The molecule has 3 heteroatoms. The molecule has 0 saturated heterocycles. The number of rotatable bonds is 7. The summed E-state index contributed by atoms with van der Waals surface area (Å²) < 4.78 is 12.0. The van der Waals surface area contributed by atoms with Gasteiger partial charge in [0.05, 0.1) is 19.8 Å². The second-order valence-electron chi connectivity index (χ2n) is 4.15. The van der Waals surface area contributed by atoms with Gasteiger partial charge in [0.1, 0.15) is 0 Å². The Labute approximate surface area is 106 Å². The normalized spacial score (nSPS) is 11.0. The van der Waals surface area contributed by atoms with Crippen molar-refractivity contribution < 1.29 is 9.47 Å². The van der Waals surface area contributed by atoms with E-state index >= 15 is 0 Å². The fourth-order valence-corrected chi connectivity index (χ4v) is 1.47. The number of hydrogen-bond donors (Lipinski definition) is 0. The summed E-state index contributed by atoms with van der Waals surface area (Å²) in [5.41, 5.74) is 1.19. The maximum atomic E-state index is 5.50. The van der Waals surface area contributed by atoms with Gasteiger partial charge < -0.3 is 9.47 Å². The van der Waals surface area contributed by atoms with Gasteiger partial charge in [-0.2, -0.15) is 0 Å². The predicted octanol–water partition coefficient (Wildman–Crippen LogP) is 3.64. The van der Waals surface area contributed by atoms with Gasteiger partial charge in [0, 0.05) is 11.1 Å². The van der Waals surface area contributed by atoms with Crippen molar-refractivity contribution in [3.63, 3.8) is 0 Å². The third-order valence-electron chi connectivity index (χ3n) is 2.01. The summed E-state index contributed by atoms with van der Waals surface area (Å²) >= 11 is 3.40. The van der Waals surface area contributed by atoms with Crippen LogP contribution in [-0.2, 0) is 16.1 Å². The second-order valence-corrected chi connectivity index (χ2v) is 5.06. The summed E-state index contributed by atoms with van der Waals surface area (Å²) in [5.74, 6) is 0.589. The van der Waals surface area contributed by atoms with Crippen molar-refractivity contribution in [3.8, 4) is 0 Å². The van der Waals surface area contributed by atoms with E-state index in [4.69, 9.17) is 9.47 Å². The Balaban J connectivity index is 2.05. The number of ether oxygens (including phenoxy) is 2. The Bertz CT molecular complexity index is 282. The first kappa shape index (κ1) is 13.7. The fourth-order valence-electron chi connectivity index (χ4n) is 1.21. The molecule has 0 aromatic heterocycles. The molecule has 0 fully saturated rings. The summed E-state index contributed by atoms with van der Waals surface area (Å²) in [5, 5.41) is 0. The van der Waals surface area contributed by atoms with Crippen LogP contribution in [0.2, 0.25) is 0 Å². The largest absolute Gasteiger partial charge is 0.379 e. The minimum atomic E-state index is 0.589. The molecule has 0 N–H and O–H groups in total. The summed E-state index contributed by atoms with van der Waals surface area (Å²) in [6, 6.07) is 8.15. The molecule has 0 aliphatic rings. The van der Waals surface area contributed by atoms with Crippen molar-refractivity contribution in [3.05, 3.63) is 34.3 Å². The van der Waals surface area contributed by atoms with Crippen LogP contribution in [0.5, 0.6) is 0 Å². The molecule has 0 aliphatic carbocycles. The fraction of sp³-hybridized carbons (Fsp3) is 0.538. The zero-order chi connectivity index (χ0) is 11.8. The molecule has 0 amide bonds. The molecule has 1 aromatic carbocycles. The highest BCUT2D eigenvalue weighted by atomic mass is 79.9. The van der Waals surface area contributed by atoms with E-state index in [1.807, 2.05) is 12.1 Å². The molecule has 0 spiro atoms. The molecule has 1 aromatic rings. The van der Waals surface area contributed by atoms with Crippen LogP contribution in [-0.4, -0.2) is 19.8 Å². The Morgan fingerprint density at radius 3 is 2.31 bits per heavy atom. The first-order chi connectivity index (χ1) is 7.68. The van der Waals surface area contributed by atoms with Gasteiger partial charge in [0.15, 0.2) is 0 Å². The second kappa shape index (κ2) is 7.82. The van der Waals surface area contributed by atoms with Crippen LogP contribution in [0.25, 0.3) is 0 Å². The maximum Gasteiger partial charge on any atom is 0.0718 e. The quantitative estimate of drug-likeness (QED) is 0.713. The van der Waals surface area contributed by atoms with Gasteiger partial charge in [-0.3, -0.25) is 0 Å². The van der Waals surface area contributed by atoms with Gasteiger partial charge in [-0.25, -0.2) is 0 Å². The van der Waals surface area contributed by atoms with Crippen LogP contribution in [0.3, 0.4) is 0 Å². The maximum absolute atomic E-state index is 5.50. The van der Waals surface area contributed by atoms with Crippen molar-refractivity contribution >= 4 is 15.9 Å². The van der Waals surface area contributed by atoms with Crippen molar-refractivity contribution in [1.82, 2.24) is 0 Å². The third-order valence-corrected chi connectivity index (χ3v) is 2.53. The Kier molecular flexibility index (Phi) is 6.69. The molecular weight excluding hydrogens is 268 g/mol. The first-order valence-electron chi connectivity index (χ1n) is 5.58. The SMILES string of the molecule is CC(C)COCCOCc1ccc(Br)cc1. The summed E-state index contributed by atoms with van der Waals surface area (Å²) in [4.78, 5) is 0. The lowest BCUT2D eigenvalue weighted by Crippen LogP contribution is -2.08. The average molecular weight is 287 g/mol. The molecule has 0 bridgehead atoms. The van der Waals surface area contributed by atoms with E-state index in [9.17, 15) is 0 Å². The van der Waals surface area contributed by atoms with Crippen molar-refractivity contribution in [2.24, 2.45) is 5.92 Å². The van der Waals surface area contributed by atoms with Gasteiger partial charge in [0.25, 0.3) is 0 Å². The molecule has 90 valence electrons. The summed E-state index contributed by atoms with van der Waals surface area (Å²) in [6.45, 7) is 7.07. The molecule has 0 unspecified atom stereocenters. The zero-order valence-corrected chi connectivity index (χ0v) is 11.5. The lowest BCUT2D eigenvalue weighted by molar-refractivity contribution is 0.0314. The highest BCUT2D eigenvalue weighted by Gasteiger charge is 1.95. The van der Waals surface area contributed by atoms with E-state index in [2.05, 4.69) is 41.9 Å². The molecule has 0 heterocycles. The molecule has 0 atom stereocenters.